The first-order valence-corrected chi connectivity index (χ1v) is 13.6. The van der Waals surface area contributed by atoms with Crippen molar-refractivity contribution in [2.45, 2.75) is 37.8 Å². The van der Waals surface area contributed by atoms with Gasteiger partial charge >= 0.3 is 13.6 Å². The van der Waals surface area contributed by atoms with Crippen LogP contribution in [0.15, 0.2) is 43.0 Å². The number of anilines is 1. The number of ether oxygens (including phenoxy) is 3. The number of aromatic nitrogens is 4. The molecule has 198 valence electrons. The van der Waals surface area contributed by atoms with Crippen molar-refractivity contribution in [3.05, 3.63) is 48.5 Å². The van der Waals surface area contributed by atoms with E-state index in [9.17, 15) is 14.3 Å². The first kappa shape index (κ1) is 25.7. The van der Waals surface area contributed by atoms with E-state index < -0.39 is 44.5 Å². The van der Waals surface area contributed by atoms with Crippen LogP contribution in [-0.2, 0) is 23.3 Å². The Bertz CT molecular complexity index is 1290. The van der Waals surface area contributed by atoms with E-state index in [0.29, 0.717) is 17.7 Å². The summed E-state index contributed by atoms with van der Waals surface area (Å²) in [5.41, 5.74) is 7.00. The van der Waals surface area contributed by atoms with Gasteiger partial charge in [-0.1, -0.05) is 30.3 Å². The highest BCUT2D eigenvalue weighted by Gasteiger charge is 2.54. The second kappa shape index (κ2) is 10.8. The minimum atomic E-state index is -3.89. The van der Waals surface area contributed by atoms with Gasteiger partial charge in [0, 0.05) is 18.7 Å². The number of hydrogen-bond acceptors (Lipinski definition) is 10. The summed E-state index contributed by atoms with van der Waals surface area (Å²) in [4.78, 5) is 34.9. The fourth-order valence-corrected chi connectivity index (χ4v) is 5.16. The molecule has 2 aromatic heterocycles. The molecular weight excluding hydrogens is 505 g/mol. The number of fused-ring (bicyclic) bond motifs is 2. The van der Waals surface area contributed by atoms with Gasteiger partial charge in [-0.25, -0.2) is 19.7 Å². The van der Waals surface area contributed by atoms with E-state index in [1.807, 2.05) is 30.3 Å². The number of imidazole rings is 1. The Morgan fingerprint density at radius 1 is 1.19 bits per heavy atom. The highest BCUT2D eigenvalue weighted by Crippen LogP contribution is 2.47. The summed E-state index contributed by atoms with van der Waals surface area (Å²) in [7, 11) is -3.89. The quantitative estimate of drug-likeness (QED) is 0.292. The fourth-order valence-electron chi connectivity index (χ4n) is 4.32. The molecule has 0 aliphatic carbocycles. The third kappa shape index (κ3) is 5.36. The SMILES string of the molecule is CCNC(=O)Nc1ncnc2c1ncn2[C@@H]1O[C@H](COP(=O)(O)CCN)C2O[C@H](c3ccccc3)O[C@@H]21. The normalized spacial score (nSPS) is 26.6. The molecule has 3 aromatic rings. The van der Waals surface area contributed by atoms with Gasteiger partial charge in [0.1, 0.15) is 24.6 Å². The lowest BCUT2D eigenvalue weighted by atomic mass is 10.1. The van der Waals surface area contributed by atoms with Gasteiger partial charge in [0.15, 0.2) is 29.5 Å². The summed E-state index contributed by atoms with van der Waals surface area (Å²) in [6.45, 7) is 2.05. The molecule has 14 nitrogen and oxygen atoms in total. The summed E-state index contributed by atoms with van der Waals surface area (Å²) in [5, 5.41) is 5.30. The number of nitrogens with zero attached hydrogens (tertiary/aromatic N) is 4. The summed E-state index contributed by atoms with van der Waals surface area (Å²) in [6, 6.07) is 8.99. The van der Waals surface area contributed by atoms with Gasteiger partial charge in [-0.05, 0) is 6.92 Å². The Kier molecular flexibility index (Phi) is 7.49. The highest BCUT2D eigenvalue weighted by atomic mass is 31.2. The van der Waals surface area contributed by atoms with E-state index >= 15 is 0 Å². The number of carbonyl (C=O) groups excluding carboxylic acids is 1. The zero-order valence-corrected chi connectivity index (χ0v) is 20.9. The molecule has 2 aliphatic heterocycles. The number of rotatable bonds is 9. The Balaban J connectivity index is 1.43. The third-order valence-corrected chi connectivity index (χ3v) is 7.35. The van der Waals surface area contributed by atoms with Gasteiger partial charge in [-0.2, -0.15) is 0 Å². The van der Waals surface area contributed by atoms with E-state index in [1.54, 1.807) is 11.5 Å². The minimum Gasteiger partial charge on any atom is -0.347 e. The molecular formula is C22H28N7O7P. The lowest BCUT2D eigenvalue weighted by Gasteiger charge is -2.22. The standard InChI is InChI=1S/C22H28N7O7P/c1-2-24-22(30)28-18-15-19(26-11-25-18)29(12-27-15)20-17-16(14(34-20)10-33-37(31,32)9-8-23)35-21(36-17)13-6-4-3-5-7-13/h3-7,11-12,14,16-17,20-21H,2,8-10,23H2,1H3,(H,31,32)(H2,24,25,26,28,30)/t14-,16?,17+,20-,21+/m1/s1. The number of amides is 2. The van der Waals surface area contributed by atoms with Gasteiger partial charge in [-0.3, -0.25) is 14.4 Å². The van der Waals surface area contributed by atoms with Crippen LogP contribution in [0.3, 0.4) is 0 Å². The van der Waals surface area contributed by atoms with E-state index in [0.717, 1.165) is 5.56 Å². The molecule has 15 heteroatoms. The van der Waals surface area contributed by atoms with E-state index in [4.69, 9.17) is 24.5 Å². The molecule has 0 bridgehead atoms. The predicted octanol–water partition coefficient (Wildman–Crippen LogP) is 1.51. The Morgan fingerprint density at radius 3 is 2.73 bits per heavy atom. The number of nitrogens with one attached hydrogen (secondary N) is 2. The number of nitrogens with two attached hydrogens (primary N) is 1. The number of carbonyl (C=O) groups is 1. The average Bonchev–Trinajstić information content (AvgIpc) is 3.58. The lowest BCUT2D eigenvalue weighted by molar-refractivity contribution is -0.152. The summed E-state index contributed by atoms with van der Waals surface area (Å²) < 4.78 is 37.9. The van der Waals surface area contributed by atoms with Gasteiger partial charge < -0.3 is 34.7 Å². The second-order valence-electron chi connectivity index (χ2n) is 8.49. The zero-order chi connectivity index (χ0) is 26.0. The molecule has 0 spiro atoms. The van der Waals surface area contributed by atoms with Crippen molar-refractivity contribution in [2.75, 3.05) is 31.2 Å². The molecule has 2 fully saturated rings. The molecule has 2 saturated heterocycles. The van der Waals surface area contributed by atoms with Crippen LogP contribution in [0.4, 0.5) is 10.6 Å². The van der Waals surface area contributed by atoms with Crippen molar-refractivity contribution < 1.29 is 33.0 Å². The molecule has 4 heterocycles. The van der Waals surface area contributed by atoms with Crippen molar-refractivity contribution in [1.29, 1.82) is 0 Å². The molecule has 5 rings (SSSR count). The smallest absolute Gasteiger partial charge is 0.329 e. The van der Waals surface area contributed by atoms with Crippen LogP contribution in [0.1, 0.15) is 25.0 Å². The monoisotopic (exact) mass is 533 g/mol. The fraction of sp³-hybridized carbons (Fsp3) is 0.455. The molecule has 0 saturated carbocycles. The van der Waals surface area contributed by atoms with E-state index in [2.05, 4.69) is 25.6 Å². The molecule has 6 atom stereocenters. The van der Waals surface area contributed by atoms with Crippen molar-refractivity contribution in [3.63, 3.8) is 0 Å². The molecule has 0 radical (unpaired) electrons. The van der Waals surface area contributed by atoms with Crippen LogP contribution in [0.25, 0.3) is 11.2 Å². The van der Waals surface area contributed by atoms with Crippen LogP contribution in [0.2, 0.25) is 0 Å². The van der Waals surface area contributed by atoms with Gasteiger partial charge in [0.05, 0.1) is 19.1 Å². The van der Waals surface area contributed by atoms with E-state index in [-0.39, 0.29) is 25.1 Å². The third-order valence-electron chi connectivity index (χ3n) is 5.97. The lowest BCUT2D eigenvalue weighted by Crippen LogP contribution is -2.31. The molecule has 5 N–H and O–H groups in total. The van der Waals surface area contributed by atoms with Crippen LogP contribution in [-0.4, -0.2) is 74.6 Å². The number of hydrogen-bond donors (Lipinski definition) is 4. The highest BCUT2D eigenvalue weighted by molar-refractivity contribution is 7.52. The Hall–Kier alpha value is -2.97. The topological polar surface area (TPSA) is 185 Å². The molecule has 2 amide bonds. The van der Waals surface area contributed by atoms with Crippen molar-refractivity contribution >= 4 is 30.6 Å². The largest absolute Gasteiger partial charge is 0.347 e. The van der Waals surface area contributed by atoms with Gasteiger partial charge in [0.25, 0.3) is 0 Å². The van der Waals surface area contributed by atoms with E-state index in [1.165, 1.54) is 12.7 Å². The van der Waals surface area contributed by atoms with Crippen molar-refractivity contribution in [2.24, 2.45) is 5.73 Å². The van der Waals surface area contributed by atoms with Crippen LogP contribution in [0, 0.1) is 0 Å². The average molecular weight is 533 g/mol. The molecule has 37 heavy (non-hydrogen) atoms. The Labute approximate surface area is 212 Å². The van der Waals surface area contributed by atoms with Crippen LogP contribution < -0.4 is 16.4 Å². The first-order chi connectivity index (χ1) is 17.9. The predicted molar refractivity (Wildman–Crippen MR) is 131 cm³/mol. The van der Waals surface area contributed by atoms with Crippen LogP contribution >= 0.6 is 7.60 Å². The minimum absolute atomic E-state index is 0.0110. The number of urea groups is 1. The Morgan fingerprint density at radius 2 is 1.97 bits per heavy atom. The molecule has 1 aromatic carbocycles. The van der Waals surface area contributed by atoms with Crippen molar-refractivity contribution in [3.8, 4) is 0 Å². The first-order valence-electron chi connectivity index (χ1n) is 11.8. The maximum Gasteiger partial charge on any atom is 0.329 e. The molecule has 2 aliphatic rings. The zero-order valence-electron chi connectivity index (χ0n) is 20.0. The summed E-state index contributed by atoms with van der Waals surface area (Å²) in [5.74, 6) is 0.234. The van der Waals surface area contributed by atoms with Gasteiger partial charge in [-0.15, -0.1) is 0 Å². The summed E-state index contributed by atoms with van der Waals surface area (Å²) in [6.07, 6.45) is -0.730. The maximum atomic E-state index is 12.3. The molecule has 2 unspecified atom stereocenters. The maximum absolute atomic E-state index is 12.3. The number of benzene rings is 1. The summed E-state index contributed by atoms with van der Waals surface area (Å²) >= 11 is 0. The van der Waals surface area contributed by atoms with Gasteiger partial charge in [0.2, 0.25) is 0 Å². The van der Waals surface area contributed by atoms with Crippen molar-refractivity contribution in [1.82, 2.24) is 24.8 Å². The second-order valence-corrected chi connectivity index (χ2v) is 10.5. The van der Waals surface area contributed by atoms with Crippen LogP contribution in [0.5, 0.6) is 0 Å².